The van der Waals surface area contributed by atoms with E-state index in [1.807, 2.05) is 0 Å². The molecule has 1 saturated heterocycles. The van der Waals surface area contributed by atoms with E-state index in [0.29, 0.717) is 6.54 Å². The molecule has 0 aromatic rings. The van der Waals surface area contributed by atoms with Crippen molar-refractivity contribution < 1.29 is 2.74 Å². The number of nitrogens with one attached hydrogen (secondary N) is 1. The van der Waals surface area contributed by atoms with Crippen LogP contribution in [0.15, 0.2) is 0 Å². The molecule has 2 unspecified atom stereocenters. The first-order valence-corrected chi connectivity index (χ1v) is 2.86. The summed E-state index contributed by atoms with van der Waals surface area (Å²) in [5, 5.41) is 3.12. The molecule has 1 rings (SSSR count). The first-order valence-electron chi connectivity index (χ1n) is 4.01. The van der Waals surface area contributed by atoms with Gasteiger partial charge in [0.2, 0.25) is 0 Å². The number of hydrogen-bond donors (Lipinski definition) is 1. The van der Waals surface area contributed by atoms with E-state index in [2.05, 4.69) is 5.32 Å². The second-order valence-electron chi connectivity index (χ2n) is 1.82. The molecule has 0 radical (unpaired) electrons. The van der Waals surface area contributed by atoms with Crippen LogP contribution in [0, 0.1) is 0 Å². The van der Waals surface area contributed by atoms with Gasteiger partial charge >= 0.3 is 0 Å². The van der Waals surface area contributed by atoms with Gasteiger partial charge in [0.25, 0.3) is 0 Å². The summed E-state index contributed by atoms with van der Waals surface area (Å²) in [6.45, 7) is 1.69. The first kappa shape index (κ1) is 3.08. The molecule has 1 fully saturated rings. The summed E-state index contributed by atoms with van der Waals surface area (Å²) in [6.07, 6.45) is 1.59. The Labute approximate surface area is 47.9 Å². The van der Waals surface area contributed by atoms with Crippen LogP contribution >= 0.6 is 0 Å². The molecule has 1 aliphatic rings. The Hall–Kier alpha value is -0.0400. The maximum absolute atomic E-state index is 7.39. The van der Waals surface area contributed by atoms with Crippen LogP contribution in [-0.4, -0.2) is 13.1 Å². The lowest BCUT2D eigenvalue weighted by molar-refractivity contribution is 0.702. The lowest BCUT2D eigenvalue weighted by Crippen LogP contribution is -2.12. The normalized spacial score (nSPS) is 49.1. The minimum atomic E-state index is -0.201. The zero-order valence-corrected chi connectivity index (χ0v) is 4.48. The van der Waals surface area contributed by atoms with Crippen LogP contribution in [-0.2, 0) is 0 Å². The maximum atomic E-state index is 7.39. The Morgan fingerprint density at radius 3 is 3.14 bits per heavy atom. The Balaban J connectivity index is 2.32. The lowest BCUT2D eigenvalue weighted by atomic mass is 10.2. The van der Waals surface area contributed by atoms with Crippen LogP contribution in [0.4, 0.5) is 0 Å². The van der Waals surface area contributed by atoms with Crippen molar-refractivity contribution in [1.82, 2.24) is 5.32 Å². The topological polar surface area (TPSA) is 12.0 Å². The molecule has 0 aromatic heterocycles. The highest BCUT2D eigenvalue weighted by Gasteiger charge is 1.94. The Bertz CT molecular complexity index is 77.1. The van der Waals surface area contributed by atoms with E-state index in [4.69, 9.17) is 2.74 Å². The van der Waals surface area contributed by atoms with E-state index < -0.39 is 0 Å². The van der Waals surface area contributed by atoms with E-state index in [1.165, 1.54) is 0 Å². The van der Waals surface area contributed by atoms with Gasteiger partial charge in [-0.05, 0) is 25.9 Å². The summed E-state index contributed by atoms with van der Waals surface area (Å²) in [4.78, 5) is 0. The van der Waals surface area contributed by atoms with E-state index in [-0.39, 0.29) is 12.8 Å². The van der Waals surface area contributed by atoms with Gasteiger partial charge in [-0.2, -0.15) is 0 Å². The maximum Gasteiger partial charge on any atom is 0.0280 e. The van der Waals surface area contributed by atoms with Crippen molar-refractivity contribution in [1.29, 1.82) is 0 Å². The SMILES string of the molecule is [2H]C1CCCNCC1[2H]. The quantitative estimate of drug-likeness (QED) is 0.482. The smallest absolute Gasteiger partial charge is 0.0280 e. The van der Waals surface area contributed by atoms with Crippen molar-refractivity contribution in [3.63, 3.8) is 0 Å². The van der Waals surface area contributed by atoms with Gasteiger partial charge in [0.15, 0.2) is 0 Å². The second-order valence-corrected chi connectivity index (χ2v) is 1.82. The summed E-state index contributed by atoms with van der Waals surface area (Å²) >= 11 is 0. The van der Waals surface area contributed by atoms with Gasteiger partial charge in [0, 0.05) is 2.74 Å². The molecular weight excluding hydrogens is 86.1 g/mol. The third kappa shape index (κ3) is 1.93. The fourth-order valence-corrected chi connectivity index (χ4v) is 0.731. The molecule has 0 amide bonds. The second kappa shape index (κ2) is 3.03. The Morgan fingerprint density at radius 1 is 1.14 bits per heavy atom. The zero-order chi connectivity index (χ0) is 6.69. The number of hydrogen-bond acceptors (Lipinski definition) is 1. The van der Waals surface area contributed by atoms with Gasteiger partial charge in [-0.1, -0.05) is 12.8 Å². The Kier molecular flexibility index (Phi) is 1.33. The van der Waals surface area contributed by atoms with E-state index in [1.54, 1.807) is 0 Å². The standard InChI is InChI=1S/C6H13N/c1-2-4-6-7-5-3-1/h7H,1-6H2/i1D,3D. The molecule has 1 heteroatoms. The average molecular weight is 101 g/mol. The third-order valence-corrected chi connectivity index (χ3v) is 1.15. The van der Waals surface area contributed by atoms with Gasteiger partial charge in [-0.15, -0.1) is 0 Å². The van der Waals surface area contributed by atoms with Crippen molar-refractivity contribution >= 4 is 0 Å². The van der Waals surface area contributed by atoms with E-state index >= 15 is 0 Å². The fourth-order valence-electron chi connectivity index (χ4n) is 0.731. The zero-order valence-electron chi connectivity index (χ0n) is 6.48. The average Bonchev–Trinajstić information content (AvgIpc) is 1.99. The molecule has 1 N–H and O–H groups in total. The monoisotopic (exact) mass is 101 g/mol. The van der Waals surface area contributed by atoms with Gasteiger partial charge in [-0.25, -0.2) is 0 Å². The first-order chi connectivity index (χ1) is 4.30. The molecule has 0 bridgehead atoms. The summed E-state index contributed by atoms with van der Waals surface area (Å²) in [5.41, 5.74) is 0. The van der Waals surface area contributed by atoms with Gasteiger partial charge in [-0.3, -0.25) is 0 Å². The minimum Gasteiger partial charge on any atom is -0.317 e. The molecule has 1 aliphatic heterocycles. The molecule has 0 aliphatic carbocycles. The predicted molar refractivity (Wildman–Crippen MR) is 31.3 cm³/mol. The summed E-state index contributed by atoms with van der Waals surface area (Å²) in [7, 11) is 0. The van der Waals surface area contributed by atoms with Crippen LogP contribution < -0.4 is 5.32 Å². The van der Waals surface area contributed by atoms with Crippen molar-refractivity contribution in [2.24, 2.45) is 0 Å². The molecule has 1 nitrogen and oxygen atoms in total. The molecule has 1 heterocycles. The summed E-state index contributed by atoms with van der Waals surface area (Å²) < 4.78 is 14.8. The predicted octanol–water partition coefficient (Wildman–Crippen LogP) is 1.15. The van der Waals surface area contributed by atoms with Gasteiger partial charge < -0.3 is 5.32 Å². The van der Waals surface area contributed by atoms with Crippen LogP contribution in [0.25, 0.3) is 0 Å². The van der Waals surface area contributed by atoms with Crippen LogP contribution in [0.3, 0.4) is 0 Å². The highest BCUT2D eigenvalue weighted by molar-refractivity contribution is 4.54. The fraction of sp³-hybridized carbons (Fsp3) is 1.00. The highest BCUT2D eigenvalue weighted by atomic mass is 14.8. The van der Waals surface area contributed by atoms with Crippen LogP contribution in [0.2, 0.25) is 0 Å². The molecule has 0 saturated carbocycles. The van der Waals surface area contributed by atoms with Gasteiger partial charge in [0.05, 0.1) is 0 Å². The minimum absolute atomic E-state index is 0.153. The summed E-state index contributed by atoms with van der Waals surface area (Å²) in [5.74, 6) is 0. The van der Waals surface area contributed by atoms with Crippen molar-refractivity contribution in [2.45, 2.75) is 25.6 Å². The van der Waals surface area contributed by atoms with Crippen molar-refractivity contribution in [2.75, 3.05) is 13.1 Å². The summed E-state index contributed by atoms with van der Waals surface area (Å²) in [6, 6.07) is 0. The van der Waals surface area contributed by atoms with Crippen LogP contribution in [0.5, 0.6) is 0 Å². The van der Waals surface area contributed by atoms with Crippen LogP contribution in [0.1, 0.15) is 28.4 Å². The molecule has 0 aromatic carbocycles. The van der Waals surface area contributed by atoms with E-state index in [0.717, 1.165) is 19.4 Å². The molecule has 0 spiro atoms. The van der Waals surface area contributed by atoms with Gasteiger partial charge in [0.1, 0.15) is 0 Å². The van der Waals surface area contributed by atoms with Crippen molar-refractivity contribution in [3.8, 4) is 0 Å². The molecule has 7 heavy (non-hydrogen) atoms. The molecular formula is C6H13N. The highest BCUT2D eigenvalue weighted by Crippen LogP contribution is 2.00. The largest absolute Gasteiger partial charge is 0.317 e. The number of rotatable bonds is 0. The Morgan fingerprint density at radius 2 is 2.14 bits per heavy atom. The lowest BCUT2D eigenvalue weighted by Gasteiger charge is -1.91. The third-order valence-electron chi connectivity index (χ3n) is 1.15. The molecule has 2 atom stereocenters. The molecule has 42 valence electrons. The van der Waals surface area contributed by atoms with Crippen molar-refractivity contribution in [3.05, 3.63) is 0 Å². The van der Waals surface area contributed by atoms with E-state index in [9.17, 15) is 0 Å².